The number of phenolic OH excluding ortho intramolecular Hbond substituents is 6. The summed E-state index contributed by atoms with van der Waals surface area (Å²) in [5.41, 5.74) is -3.19. The molecule has 0 spiro atoms. The zero-order chi connectivity index (χ0) is 25.1. The van der Waals surface area contributed by atoms with E-state index in [9.17, 15) is 55.5 Å². The van der Waals surface area contributed by atoms with E-state index in [1.54, 1.807) is 0 Å². The number of phenols is 6. The van der Waals surface area contributed by atoms with E-state index in [1.165, 1.54) is 0 Å². The van der Waals surface area contributed by atoms with Gasteiger partial charge in [0.15, 0.2) is 35.4 Å². The monoisotopic (exact) mass is 482 g/mol. The van der Waals surface area contributed by atoms with Gasteiger partial charge in [-0.3, -0.25) is 0 Å². The summed E-state index contributed by atoms with van der Waals surface area (Å²) in [5.74, 6) is -9.67. The molecule has 5 atom stereocenters. The number of ether oxygens (including phenoxy) is 3. The van der Waals surface area contributed by atoms with Crippen LogP contribution in [-0.2, 0) is 14.2 Å². The molecule has 14 nitrogen and oxygen atoms in total. The molecule has 2 heterocycles. The lowest BCUT2D eigenvalue weighted by Crippen LogP contribution is -2.60. The number of aliphatic hydroxyl groups excluding tert-OH is 3. The SMILES string of the molecule is O=C1OC[C@H]2O[C@H](O)[C@H](O)[C@@H](OC(=O)c3cc(O)c(O)c(O)c3-c3c1cc(O)c(O)c3O)[C@@H]2O. The fourth-order valence-electron chi connectivity index (χ4n) is 3.73. The van der Waals surface area contributed by atoms with Crippen molar-refractivity contribution in [2.24, 2.45) is 0 Å². The molecular formula is C20H18O14. The average molecular weight is 482 g/mol. The van der Waals surface area contributed by atoms with E-state index in [0.717, 1.165) is 0 Å². The molecule has 0 unspecified atom stereocenters. The van der Waals surface area contributed by atoms with Crippen LogP contribution in [0, 0.1) is 0 Å². The van der Waals surface area contributed by atoms with E-state index in [-0.39, 0.29) is 0 Å². The molecule has 2 aliphatic rings. The third-order valence-corrected chi connectivity index (χ3v) is 5.48. The van der Waals surface area contributed by atoms with Crippen LogP contribution in [0.2, 0.25) is 0 Å². The number of esters is 2. The van der Waals surface area contributed by atoms with Crippen molar-refractivity contribution >= 4 is 11.9 Å². The molecule has 2 aromatic carbocycles. The van der Waals surface area contributed by atoms with Gasteiger partial charge in [-0.15, -0.1) is 0 Å². The van der Waals surface area contributed by atoms with Gasteiger partial charge < -0.3 is 60.2 Å². The Hall–Kier alpha value is -3.98. The van der Waals surface area contributed by atoms with Crippen molar-refractivity contribution in [2.75, 3.05) is 6.61 Å². The van der Waals surface area contributed by atoms with Crippen LogP contribution in [0.25, 0.3) is 11.1 Å². The molecule has 2 aliphatic heterocycles. The van der Waals surface area contributed by atoms with Crippen LogP contribution >= 0.6 is 0 Å². The maximum atomic E-state index is 13.0. The quantitative estimate of drug-likeness (QED) is 0.157. The maximum absolute atomic E-state index is 13.0. The normalized spacial score (nSPS) is 26.9. The maximum Gasteiger partial charge on any atom is 0.339 e. The van der Waals surface area contributed by atoms with Gasteiger partial charge in [-0.2, -0.15) is 0 Å². The first-order chi connectivity index (χ1) is 15.9. The third-order valence-electron chi connectivity index (χ3n) is 5.48. The smallest absolute Gasteiger partial charge is 0.339 e. The molecule has 1 fully saturated rings. The second-order valence-electron chi connectivity index (χ2n) is 7.55. The van der Waals surface area contributed by atoms with Crippen LogP contribution in [0.1, 0.15) is 20.7 Å². The van der Waals surface area contributed by atoms with Crippen molar-refractivity contribution in [1.29, 1.82) is 0 Å². The standard InChI is InChI=1S/C20H18O14/c21-6-1-4-9(14(26)11(6)23)10-5(2-7(22)12(24)15(10)27)19(30)34-17-13(25)8(3-32-18(4)29)33-20(31)16(17)28/h1-2,8,13,16-17,20-28,31H,3H2/t8-,13-,16-,17+,20+/m1/s1. The summed E-state index contributed by atoms with van der Waals surface area (Å²) in [6, 6.07) is 1.19. The predicted molar refractivity (Wildman–Crippen MR) is 104 cm³/mol. The minimum Gasteiger partial charge on any atom is -0.504 e. The lowest BCUT2D eigenvalue weighted by Gasteiger charge is -2.40. The number of hydrogen-bond acceptors (Lipinski definition) is 14. The number of aliphatic hydroxyl groups is 3. The Labute approximate surface area is 188 Å². The number of hydrogen-bond donors (Lipinski definition) is 9. The summed E-state index contributed by atoms with van der Waals surface area (Å²) < 4.78 is 15.1. The fourth-order valence-corrected chi connectivity index (χ4v) is 3.73. The highest BCUT2D eigenvalue weighted by Crippen LogP contribution is 2.52. The zero-order valence-corrected chi connectivity index (χ0v) is 16.8. The Morgan fingerprint density at radius 1 is 0.706 bits per heavy atom. The molecule has 0 radical (unpaired) electrons. The zero-order valence-electron chi connectivity index (χ0n) is 16.8. The average Bonchev–Trinajstić information content (AvgIpc) is 2.79. The number of carbonyl (C=O) groups is 2. The molecule has 0 aliphatic carbocycles. The number of rotatable bonds is 0. The Kier molecular flexibility index (Phi) is 5.53. The first-order valence-electron chi connectivity index (χ1n) is 9.57. The Morgan fingerprint density at radius 2 is 1.21 bits per heavy atom. The molecule has 2 bridgehead atoms. The number of fused-ring (bicyclic) bond motifs is 5. The summed E-state index contributed by atoms with van der Waals surface area (Å²) >= 11 is 0. The molecule has 0 aromatic heterocycles. The Balaban J connectivity index is 2.04. The van der Waals surface area contributed by atoms with Gasteiger partial charge in [0, 0.05) is 11.1 Å². The van der Waals surface area contributed by atoms with E-state index in [0.29, 0.717) is 12.1 Å². The lowest BCUT2D eigenvalue weighted by molar-refractivity contribution is -0.285. The highest BCUT2D eigenvalue weighted by molar-refractivity contribution is 6.08. The second kappa shape index (κ2) is 8.11. The number of aromatic hydroxyl groups is 6. The molecule has 1 saturated heterocycles. The predicted octanol–water partition coefficient (Wildman–Crippen LogP) is -1.28. The van der Waals surface area contributed by atoms with Crippen LogP contribution in [0.4, 0.5) is 0 Å². The van der Waals surface area contributed by atoms with Gasteiger partial charge >= 0.3 is 11.9 Å². The first kappa shape index (κ1) is 23.2. The summed E-state index contributed by atoms with van der Waals surface area (Å²) in [6.45, 7) is -0.778. The molecular weight excluding hydrogens is 464 g/mol. The van der Waals surface area contributed by atoms with Gasteiger partial charge in [0.1, 0.15) is 24.9 Å². The molecule has 34 heavy (non-hydrogen) atoms. The number of cyclic esters (lactones) is 1. The Morgan fingerprint density at radius 3 is 1.74 bits per heavy atom. The summed E-state index contributed by atoms with van der Waals surface area (Å²) in [5, 5.41) is 91.4. The van der Waals surface area contributed by atoms with Crippen LogP contribution < -0.4 is 0 Å². The minimum absolute atomic E-state index is 0.572. The summed E-state index contributed by atoms with van der Waals surface area (Å²) in [7, 11) is 0. The largest absolute Gasteiger partial charge is 0.504 e. The van der Waals surface area contributed by atoms with Crippen molar-refractivity contribution in [2.45, 2.75) is 30.7 Å². The van der Waals surface area contributed by atoms with E-state index in [2.05, 4.69) is 0 Å². The van der Waals surface area contributed by atoms with Crippen LogP contribution in [0.3, 0.4) is 0 Å². The fraction of sp³-hybridized carbons (Fsp3) is 0.300. The highest BCUT2D eigenvalue weighted by Gasteiger charge is 2.47. The van der Waals surface area contributed by atoms with Gasteiger partial charge in [0.2, 0.25) is 11.5 Å². The van der Waals surface area contributed by atoms with Gasteiger partial charge in [0.05, 0.1) is 11.1 Å². The van der Waals surface area contributed by atoms with Crippen molar-refractivity contribution in [3.63, 3.8) is 0 Å². The second-order valence-corrected chi connectivity index (χ2v) is 7.55. The number of carbonyl (C=O) groups excluding carboxylic acids is 2. The third kappa shape index (κ3) is 3.45. The van der Waals surface area contributed by atoms with Gasteiger partial charge in [-0.1, -0.05) is 0 Å². The van der Waals surface area contributed by atoms with E-state index < -0.39 is 106 Å². The van der Waals surface area contributed by atoms with Gasteiger partial charge in [0.25, 0.3) is 0 Å². The van der Waals surface area contributed by atoms with Crippen molar-refractivity contribution in [1.82, 2.24) is 0 Å². The molecule has 182 valence electrons. The first-order valence-corrected chi connectivity index (χ1v) is 9.57. The summed E-state index contributed by atoms with van der Waals surface area (Å²) in [4.78, 5) is 25.8. The Bertz CT molecular complexity index is 1190. The van der Waals surface area contributed by atoms with Gasteiger partial charge in [-0.05, 0) is 12.1 Å². The minimum atomic E-state index is -1.98. The van der Waals surface area contributed by atoms with E-state index in [4.69, 9.17) is 14.2 Å². The van der Waals surface area contributed by atoms with Crippen molar-refractivity contribution < 1.29 is 69.8 Å². The van der Waals surface area contributed by atoms with Crippen LogP contribution in [-0.4, -0.2) is 95.2 Å². The van der Waals surface area contributed by atoms with Crippen molar-refractivity contribution in [3.8, 4) is 45.6 Å². The molecule has 4 rings (SSSR count). The van der Waals surface area contributed by atoms with Crippen molar-refractivity contribution in [3.05, 3.63) is 23.3 Å². The molecule has 2 aromatic rings. The summed E-state index contributed by atoms with van der Waals surface area (Å²) in [6.07, 6.45) is -9.15. The topological polar surface area (TPSA) is 244 Å². The van der Waals surface area contributed by atoms with Crippen LogP contribution in [0.5, 0.6) is 34.5 Å². The number of benzene rings is 2. The molecule has 0 saturated carbocycles. The van der Waals surface area contributed by atoms with E-state index >= 15 is 0 Å². The highest BCUT2D eigenvalue weighted by atomic mass is 16.7. The lowest BCUT2D eigenvalue weighted by atomic mass is 9.91. The molecule has 14 heteroatoms. The van der Waals surface area contributed by atoms with E-state index in [1.807, 2.05) is 0 Å². The molecule has 0 amide bonds. The van der Waals surface area contributed by atoms with Crippen LogP contribution in [0.15, 0.2) is 12.1 Å². The van der Waals surface area contributed by atoms with Gasteiger partial charge in [-0.25, -0.2) is 9.59 Å². The molecule has 9 N–H and O–H groups in total.